The van der Waals surface area contributed by atoms with E-state index in [1.807, 2.05) is 19.1 Å². The van der Waals surface area contributed by atoms with Gasteiger partial charge in [0.1, 0.15) is 0 Å². The highest BCUT2D eigenvalue weighted by Crippen LogP contribution is 2.23. The third-order valence-electron chi connectivity index (χ3n) is 2.38. The van der Waals surface area contributed by atoms with Crippen molar-refractivity contribution in [1.82, 2.24) is 10.2 Å². The van der Waals surface area contributed by atoms with E-state index in [0.29, 0.717) is 5.56 Å². The van der Waals surface area contributed by atoms with Gasteiger partial charge in [-0.2, -0.15) is 5.10 Å². The molecule has 0 saturated heterocycles. The number of rotatable bonds is 2. The summed E-state index contributed by atoms with van der Waals surface area (Å²) in [4.78, 5) is 11.1. The summed E-state index contributed by atoms with van der Waals surface area (Å²) in [5, 5.41) is 6.81. The standard InChI is InChI=1S/C11H11N3O/c1-7-8(10-5-6-13-14-10)3-2-4-9(7)11(12)15/h2-6H,1H3,(H2,12,15)(H,13,14). The number of carbonyl (C=O) groups excluding carboxylic acids is 1. The molecule has 2 aromatic rings. The van der Waals surface area contributed by atoms with Crippen LogP contribution in [-0.2, 0) is 0 Å². The van der Waals surface area contributed by atoms with Crippen LogP contribution in [0.2, 0.25) is 0 Å². The van der Waals surface area contributed by atoms with E-state index in [1.165, 1.54) is 0 Å². The Hall–Kier alpha value is -2.10. The lowest BCUT2D eigenvalue weighted by molar-refractivity contribution is 0.1000. The van der Waals surface area contributed by atoms with E-state index in [1.54, 1.807) is 18.3 Å². The smallest absolute Gasteiger partial charge is 0.248 e. The van der Waals surface area contributed by atoms with Crippen molar-refractivity contribution in [3.05, 3.63) is 41.6 Å². The number of aromatic nitrogens is 2. The molecule has 0 aliphatic carbocycles. The number of aromatic amines is 1. The minimum atomic E-state index is -0.412. The van der Waals surface area contributed by atoms with Gasteiger partial charge in [-0.1, -0.05) is 12.1 Å². The SMILES string of the molecule is Cc1c(C(N)=O)cccc1-c1cc[nH]n1. The molecule has 76 valence electrons. The van der Waals surface area contributed by atoms with E-state index in [0.717, 1.165) is 16.8 Å². The molecule has 15 heavy (non-hydrogen) atoms. The Labute approximate surface area is 87.1 Å². The molecule has 0 saturated carbocycles. The number of nitrogens with two attached hydrogens (primary N) is 1. The first-order valence-electron chi connectivity index (χ1n) is 4.59. The summed E-state index contributed by atoms with van der Waals surface area (Å²) >= 11 is 0. The average Bonchev–Trinajstić information content (AvgIpc) is 2.70. The molecule has 3 N–H and O–H groups in total. The molecule has 1 amide bonds. The lowest BCUT2D eigenvalue weighted by atomic mass is 10.00. The van der Waals surface area contributed by atoms with Gasteiger partial charge in [0.05, 0.1) is 5.69 Å². The number of amides is 1. The van der Waals surface area contributed by atoms with Crippen LogP contribution in [-0.4, -0.2) is 16.1 Å². The van der Waals surface area contributed by atoms with Crippen molar-refractivity contribution in [2.75, 3.05) is 0 Å². The van der Waals surface area contributed by atoms with E-state index >= 15 is 0 Å². The lowest BCUT2D eigenvalue weighted by Crippen LogP contribution is -2.12. The second-order valence-electron chi connectivity index (χ2n) is 3.30. The highest BCUT2D eigenvalue weighted by molar-refractivity contribution is 5.96. The number of primary amides is 1. The van der Waals surface area contributed by atoms with Crippen molar-refractivity contribution >= 4 is 5.91 Å². The molecule has 4 heteroatoms. The van der Waals surface area contributed by atoms with Gasteiger partial charge in [0.15, 0.2) is 0 Å². The number of nitrogens with one attached hydrogen (secondary N) is 1. The van der Waals surface area contributed by atoms with Gasteiger partial charge in [-0.3, -0.25) is 9.89 Å². The van der Waals surface area contributed by atoms with Gasteiger partial charge in [-0.15, -0.1) is 0 Å². The Morgan fingerprint density at radius 3 is 2.80 bits per heavy atom. The quantitative estimate of drug-likeness (QED) is 0.772. The summed E-state index contributed by atoms with van der Waals surface area (Å²) in [5.74, 6) is -0.412. The average molecular weight is 201 g/mol. The van der Waals surface area contributed by atoms with Crippen LogP contribution in [0.25, 0.3) is 11.3 Å². The van der Waals surface area contributed by atoms with E-state index in [9.17, 15) is 4.79 Å². The zero-order chi connectivity index (χ0) is 10.8. The molecule has 0 fully saturated rings. The Balaban J connectivity index is 2.59. The van der Waals surface area contributed by atoms with Gasteiger partial charge in [-0.05, 0) is 24.6 Å². The first kappa shape index (κ1) is 9.45. The summed E-state index contributed by atoms with van der Waals surface area (Å²) in [6, 6.07) is 7.29. The van der Waals surface area contributed by atoms with Crippen LogP contribution >= 0.6 is 0 Å². The number of H-pyrrole nitrogens is 1. The number of hydrogen-bond donors (Lipinski definition) is 2. The van der Waals surface area contributed by atoms with Crippen molar-refractivity contribution in [3.63, 3.8) is 0 Å². The molecule has 0 aliphatic rings. The molecule has 0 atom stereocenters. The normalized spacial score (nSPS) is 10.2. The lowest BCUT2D eigenvalue weighted by Gasteiger charge is -2.06. The van der Waals surface area contributed by atoms with Crippen LogP contribution in [0.4, 0.5) is 0 Å². The summed E-state index contributed by atoms with van der Waals surface area (Å²) in [6.07, 6.45) is 1.74. The Morgan fingerprint density at radius 2 is 2.20 bits per heavy atom. The predicted octanol–water partition coefficient (Wildman–Crippen LogP) is 1.48. The largest absolute Gasteiger partial charge is 0.366 e. The summed E-state index contributed by atoms with van der Waals surface area (Å²) in [7, 11) is 0. The van der Waals surface area contributed by atoms with E-state index in [2.05, 4.69) is 10.2 Å². The second kappa shape index (κ2) is 3.57. The molecule has 4 nitrogen and oxygen atoms in total. The van der Waals surface area contributed by atoms with Crippen LogP contribution in [0.1, 0.15) is 15.9 Å². The molecule has 0 unspecified atom stereocenters. The molecule has 0 spiro atoms. The second-order valence-corrected chi connectivity index (χ2v) is 3.30. The zero-order valence-corrected chi connectivity index (χ0v) is 8.32. The van der Waals surface area contributed by atoms with Crippen LogP contribution in [0, 0.1) is 6.92 Å². The van der Waals surface area contributed by atoms with Crippen LogP contribution in [0.5, 0.6) is 0 Å². The minimum Gasteiger partial charge on any atom is -0.366 e. The van der Waals surface area contributed by atoms with E-state index in [4.69, 9.17) is 5.73 Å². The molecular weight excluding hydrogens is 190 g/mol. The molecule has 0 bridgehead atoms. The maximum Gasteiger partial charge on any atom is 0.248 e. The van der Waals surface area contributed by atoms with Crippen molar-refractivity contribution in [2.24, 2.45) is 5.73 Å². The number of benzene rings is 1. The van der Waals surface area contributed by atoms with Crippen molar-refractivity contribution in [3.8, 4) is 11.3 Å². The maximum absolute atomic E-state index is 11.1. The first-order chi connectivity index (χ1) is 7.20. The molecular formula is C11H11N3O. The van der Waals surface area contributed by atoms with Gasteiger partial charge in [0.2, 0.25) is 5.91 Å². The highest BCUT2D eigenvalue weighted by atomic mass is 16.1. The Kier molecular flexibility index (Phi) is 2.25. The fraction of sp³-hybridized carbons (Fsp3) is 0.0909. The van der Waals surface area contributed by atoms with Gasteiger partial charge >= 0.3 is 0 Å². The molecule has 1 aromatic heterocycles. The Morgan fingerprint density at radius 1 is 1.40 bits per heavy atom. The number of hydrogen-bond acceptors (Lipinski definition) is 2. The van der Waals surface area contributed by atoms with Gasteiger partial charge in [0.25, 0.3) is 0 Å². The number of nitrogens with zero attached hydrogens (tertiary/aromatic N) is 1. The molecule has 0 radical (unpaired) electrons. The summed E-state index contributed by atoms with van der Waals surface area (Å²) in [6.45, 7) is 1.87. The monoisotopic (exact) mass is 201 g/mol. The first-order valence-corrected chi connectivity index (χ1v) is 4.59. The molecule has 2 rings (SSSR count). The molecule has 1 heterocycles. The number of carbonyl (C=O) groups is 1. The summed E-state index contributed by atoms with van der Waals surface area (Å²) in [5.41, 5.74) is 8.40. The minimum absolute atomic E-state index is 0.412. The highest BCUT2D eigenvalue weighted by Gasteiger charge is 2.10. The fourth-order valence-corrected chi connectivity index (χ4v) is 1.59. The Bertz CT molecular complexity index is 489. The van der Waals surface area contributed by atoms with Crippen molar-refractivity contribution in [2.45, 2.75) is 6.92 Å². The van der Waals surface area contributed by atoms with Gasteiger partial charge < -0.3 is 5.73 Å². The zero-order valence-electron chi connectivity index (χ0n) is 8.32. The maximum atomic E-state index is 11.1. The van der Waals surface area contributed by atoms with Gasteiger partial charge in [-0.25, -0.2) is 0 Å². The van der Waals surface area contributed by atoms with E-state index in [-0.39, 0.29) is 0 Å². The van der Waals surface area contributed by atoms with E-state index < -0.39 is 5.91 Å². The molecule has 0 aliphatic heterocycles. The third-order valence-corrected chi connectivity index (χ3v) is 2.38. The topological polar surface area (TPSA) is 71.8 Å². The third kappa shape index (κ3) is 1.61. The van der Waals surface area contributed by atoms with Crippen LogP contribution < -0.4 is 5.73 Å². The summed E-state index contributed by atoms with van der Waals surface area (Å²) < 4.78 is 0. The van der Waals surface area contributed by atoms with Crippen molar-refractivity contribution < 1.29 is 4.79 Å². The molecule has 1 aromatic carbocycles. The van der Waals surface area contributed by atoms with Crippen molar-refractivity contribution in [1.29, 1.82) is 0 Å². The predicted molar refractivity (Wildman–Crippen MR) is 57.3 cm³/mol. The fourth-order valence-electron chi connectivity index (χ4n) is 1.59. The van der Waals surface area contributed by atoms with Gasteiger partial charge in [0, 0.05) is 17.3 Å². The van der Waals surface area contributed by atoms with Crippen LogP contribution in [0.15, 0.2) is 30.5 Å². The van der Waals surface area contributed by atoms with Crippen LogP contribution in [0.3, 0.4) is 0 Å².